The minimum Gasteiger partial charge on any atom is -0.375 e. The molecule has 3 N–H and O–H groups in total. The average molecular weight is 500 g/mol. The Morgan fingerprint density at radius 1 is 1.32 bits per heavy atom. The third-order valence-corrected chi connectivity index (χ3v) is 6.87. The van der Waals surface area contributed by atoms with Crippen LogP contribution in [0.5, 0.6) is 0 Å². The number of nitrogens with zero attached hydrogens (tertiary/aromatic N) is 5. The van der Waals surface area contributed by atoms with Crippen molar-refractivity contribution in [1.82, 2.24) is 20.3 Å². The number of aromatic nitrogens is 3. The number of nitrogens with two attached hydrogens (primary N) is 1. The van der Waals surface area contributed by atoms with Crippen molar-refractivity contribution in [2.45, 2.75) is 6.42 Å². The highest BCUT2D eigenvalue weighted by Crippen LogP contribution is 2.42. The van der Waals surface area contributed by atoms with E-state index in [4.69, 9.17) is 22.6 Å². The summed E-state index contributed by atoms with van der Waals surface area (Å²) in [6, 6.07) is 6.11. The van der Waals surface area contributed by atoms with Gasteiger partial charge in [0.1, 0.15) is 30.0 Å². The molecule has 1 aliphatic rings. The molecule has 172 valence electrons. The molecule has 2 aromatic heterocycles. The summed E-state index contributed by atoms with van der Waals surface area (Å²) in [7, 11) is 0. The second kappa shape index (κ2) is 8.62. The number of hydrogen-bond acceptors (Lipinski definition) is 8. The molecule has 1 saturated heterocycles. The first-order valence-electron chi connectivity index (χ1n) is 10.2. The van der Waals surface area contributed by atoms with Crippen LogP contribution in [0.2, 0.25) is 5.02 Å². The summed E-state index contributed by atoms with van der Waals surface area (Å²) in [5.74, 6) is -0.757. The molecule has 3 heterocycles. The molecule has 2 aromatic carbocycles. The number of hydrogen-bond donors (Lipinski definition) is 2. The van der Waals surface area contributed by atoms with E-state index >= 15 is 4.39 Å². The number of nitrogens with one attached hydrogen (secondary N) is 1. The number of nitriles is 1. The van der Waals surface area contributed by atoms with E-state index in [0.717, 1.165) is 11.3 Å². The van der Waals surface area contributed by atoms with Crippen molar-refractivity contribution in [2.24, 2.45) is 5.92 Å². The summed E-state index contributed by atoms with van der Waals surface area (Å²) in [6.07, 6.45) is 1.56. The summed E-state index contributed by atoms with van der Waals surface area (Å²) in [6.45, 7) is 1.06. The molecule has 8 nitrogen and oxygen atoms in total. The zero-order valence-corrected chi connectivity index (χ0v) is 19.1. The number of anilines is 2. The second-order valence-electron chi connectivity index (χ2n) is 7.88. The normalized spacial score (nSPS) is 13.8. The molecule has 0 unspecified atom stereocenters. The van der Waals surface area contributed by atoms with E-state index in [1.807, 2.05) is 11.0 Å². The van der Waals surface area contributed by atoms with Crippen LogP contribution in [0.25, 0.3) is 32.2 Å². The summed E-state index contributed by atoms with van der Waals surface area (Å²) in [5, 5.41) is 11.8. The van der Waals surface area contributed by atoms with Gasteiger partial charge in [-0.2, -0.15) is 5.26 Å². The lowest BCUT2D eigenvalue weighted by molar-refractivity contribution is -0.121. The summed E-state index contributed by atoms with van der Waals surface area (Å²) >= 11 is 7.51. The van der Waals surface area contributed by atoms with Crippen molar-refractivity contribution in [2.75, 3.05) is 30.3 Å². The molecule has 0 saturated carbocycles. The number of halogens is 3. The Balaban J connectivity index is 1.50. The molecule has 0 radical (unpaired) electrons. The van der Waals surface area contributed by atoms with E-state index in [-0.39, 0.29) is 56.2 Å². The van der Waals surface area contributed by atoms with Crippen LogP contribution < -0.4 is 16.0 Å². The molecule has 4 aromatic rings. The smallest absolute Gasteiger partial charge is 0.221 e. The minimum absolute atomic E-state index is 0.0280. The number of nitrogen functional groups attached to an aromatic ring is 1. The summed E-state index contributed by atoms with van der Waals surface area (Å²) < 4.78 is 30.2. The van der Waals surface area contributed by atoms with E-state index in [0.29, 0.717) is 29.9 Å². The lowest BCUT2D eigenvalue weighted by Gasteiger charge is -2.40. The number of rotatable bonds is 5. The van der Waals surface area contributed by atoms with Crippen LogP contribution in [0.15, 0.2) is 24.5 Å². The van der Waals surface area contributed by atoms with E-state index < -0.39 is 11.6 Å². The minimum atomic E-state index is -0.668. The van der Waals surface area contributed by atoms with Crippen LogP contribution in [0, 0.1) is 28.9 Å². The quantitative estimate of drug-likeness (QED) is 0.399. The Morgan fingerprint density at radius 3 is 2.88 bits per heavy atom. The molecule has 34 heavy (non-hydrogen) atoms. The molecule has 1 aliphatic heterocycles. The van der Waals surface area contributed by atoms with Gasteiger partial charge in [-0.25, -0.2) is 23.7 Å². The SMILES string of the molecule is N#CCNC(=O)CC1CN(c2ncnc3c(F)c(-c4ccc(F)c5sc(N)nc45)c(Cl)cc23)C1. The molecule has 0 bridgehead atoms. The largest absolute Gasteiger partial charge is 0.375 e. The van der Waals surface area contributed by atoms with Gasteiger partial charge in [0, 0.05) is 41.9 Å². The monoisotopic (exact) mass is 499 g/mol. The van der Waals surface area contributed by atoms with Crippen LogP contribution in [0.4, 0.5) is 19.7 Å². The topological polar surface area (TPSA) is 121 Å². The predicted molar refractivity (Wildman–Crippen MR) is 126 cm³/mol. The molecule has 5 rings (SSSR count). The predicted octanol–water partition coefficient (Wildman–Crippen LogP) is 3.89. The zero-order valence-electron chi connectivity index (χ0n) is 17.5. The van der Waals surface area contributed by atoms with E-state index in [2.05, 4.69) is 20.3 Å². The molecular weight excluding hydrogens is 484 g/mol. The maximum absolute atomic E-state index is 15.8. The molecule has 0 spiro atoms. The van der Waals surface area contributed by atoms with Gasteiger partial charge in [-0.15, -0.1) is 0 Å². The van der Waals surface area contributed by atoms with Crippen LogP contribution in [-0.4, -0.2) is 40.5 Å². The van der Waals surface area contributed by atoms with Gasteiger partial charge in [-0.3, -0.25) is 4.79 Å². The zero-order chi connectivity index (χ0) is 24.0. The lowest BCUT2D eigenvalue weighted by Crippen LogP contribution is -2.49. The van der Waals surface area contributed by atoms with Gasteiger partial charge in [-0.05, 0) is 18.2 Å². The van der Waals surface area contributed by atoms with Gasteiger partial charge in [0.2, 0.25) is 5.91 Å². The Morgan fingerprint density at radius 2 is 2.12 bits per heavy atom. The number of thiazole rings is 1. The Labute approximate surface area is 201 Å². The molecule has 0 aliphatic carbocycles. The van der Waals surface area contributed by atoms with Crippen molar-refractivity contribution >= 4 is 60.9 Å². The Kier molecular flexibility index (Phi) is 5.63. The van der Waals surface area contributed by atoms with E-state index in [1.165, 1.54) is 18.5 Å². The maximum Gasteiger partial charge on any atom is 0.221 e. The van der Waals surface area contributed by atoms with Gasteiger partial charge < -0.3 is 16.0 Å². The number of benzene rings is 2. The fourth-order valence-electron chi connectivity index (χ4n) is 4.15. The number of carbonyl (C=O) groups is 1. The molecule has 1 fully saturated rings. The average Bonchev–Trinajstić information content (AvgIpc) is 3.18. The van der Waals surface area contributed by atoms with Crippen molar-refractivity contribution in [1.29, 1.82) is 5.26 Å². The van der Waals surface area contributed by atoms with Gasteiger partial charge in [-0.1, -0.05) is 22.9 Å². The van der Waals surface area contributed by atoms with Crippen molar-refractivity contribution in [3.8, 4) is 17.2 Å². The molecule has 12 heteroatoms. The Hall–Kier alpha value is -3.62. The standard InChI is InChI=1S/C22H16ClF2N7OS/c23-13-6-12-18(17(25)16(13)11-1-2-14(24)20-19(11)31-22(27)34-20)29-9-30-21(12)32-7-10(8-32)5-15(33)28-4-3-26/h1-2,6,9-10H,4-5,7-8H2,(H2,27,31)(H,28,33). The number of fused-ring (bicyclic) bond motifs is 2. The van der Waals surface area contributed by atoms with Gasteiger partial charge in [0.15, 0.2) is 10.9 Å². The highest BCUT2D eigenvalue weighted by atomic mass is 35.5. The first-order chi connectivity index (χ1) is 16.4. The molecule has 1 amide bonds. The van der Waals surface area contributed by atoms with Crippen molar-refractivity contribution < 1.29 is 13.6 Å². The molecule has 0 atom stereocenters. The van der Waals surface area contributed by atoms with Crippen LogP contribution >= 0.6 is 22.9 Å². The molecular formula is C22H16ClF2N7OS. The number of carbonyl (C=O) groups excluding carboxylic acids is 1. The van der Waals surface area contributed by atoms with Crippen molar-refractivity contribution in [3.63, 3.8) is 0 Å². The summed E-state index contributed by atoms with van der Waals surface area (Å²) in [5.41, 5.74) is 6.45. The van der Waals surface area contributed by atoms with Crippen LogP contribution in [0.3, 0.4) is 0 Å². The van der Waals surface area contributed by atoms with E-state index in [1.54, 1.807) is 6.07 Å². The first-order valence-corrected chi connectivity index (χ1v) is 11.4. The lowest BCUT2D eigenvalue weighted by atomic mass is 9.95. The third kappa shape index (κ3) is 3.74. The van der Waals surface area contributed by atoms with Crippen LogP contribution in [0.1, 0.15) is 6.42 Å². The van der Waals surface area contributed by atoms with Crippen LogP contribution in [-0.2, 0) is 4.79 Å². The fraction of sp³-hybridized carbons (Fsp3) is 0.227. The van der Waals surface area contributed by atoms with Gasteiger partial charge in [0.25, 0.3) is 0 Å². The maximum atomic E-state index is 15.8. The number of amides is 1. The fourth-order valence-corrected chi connectivity index (χ4v) is 5.21. The van der Waals surface area contributed by atoms with Gasteiger partial charge >= 0.3 is 0 Å². The summed E-state index contributed by atoms with van der Waals surface area (Å²) in [4.78, 5) is 26.4. The van der Waals surface area contributed by atoms with Crippen molar-refractivity contribution in [3.05, 3.63) is 41.2 Å². The highest BCUT2D eigenvalue weighted by Gasteiger charge is 2.31. The highest BCUT2D eigenvalue weighted by molar-refractivity contribution is 7.22. The second-order valence-corrected chi connectivity index (χ2v) is 9.31. The van der Waals surface area contributed by atoms with Gasteiger partial charge in [0.05, 0.1) is 21.3 Å². The Bertz CT molecular complexity index is 1500. The third-order valence-electron chi connectivity index (χ3n) is 5.68. The first kappa shape index (κ1) is 22.2. The van der Waals surface area contributed by atoms with E-state index in [9.17, 15) is 9.18 Å².